The highest BCUT2D eigenvalue weighted by Gasteiger charge is 2.25. The summed E-state index contributed by atoms with van der Waals surface area (Å²) in [6, 6.07) is 9.60. The Hall–Kier alpha value is -2.25. The van der Waals surface area contributed by atoms with Crippen LogP contribution in [0.2, 0.25) is 0 Å². The van der Waals surface area contributed by atoms with E-state index in [0.717, 1.165) is 25.9 Å². The van der Waals surface area contributed by atoms with Gasteiger partial charge in [0.05, 0.1) is 5.56 Å². The summed E-state index contributed by atoms with van der Waals surface area (Å²) < 4.78 is 0.680. The molecule has 0 bridgehead atoms. The third-order valence-electron chi connectivity index (χ3n) is 4.54. The number of nitrogens with one attached hydrogen (secondary N) is 1. The summed E-state index contributed by atoms with van der Waals surface area (Å²) in [6.07, 6.45) is 1.64. The molecule has 0 saturated carbocycles. The molecule has 1 aromatic heterocycles. The molecule has 1 aliphatic rings. The first-order valence-electron chi connectivity index (χ1n) is 8.43. The number of rotatable bonds is 4. The average Bonchev–Trinajstić information content (AvgIpc) is 2.64. The lowest BCUT2D eigenvalue weighted by atomic mass is 9.91. The van der Waals surface area contributed by atoms with Crippen molar-refractivity contribution in [1.29, 1.82) is 0 Å². The van der Waals surface area contributed by atoms with Crippen molar-refractivity contribution in [3.8, 4) is 5.75 Å². The van der Waals surface area contributed by atoms with E-state index in [1.54, 1.807) is 24.3 Å². The molecule has 1 saturated heterocycles. The molecule has 0 radical (unpaired) electrons. The largest absolute Gasteiger partial charge is 0.507 e. The molecule has 1 amide bonds. The topological polar surface area (TPSA) is 82.5 Å². The van der Waals surface area contributed by atoms with Crippen LogP contribution in [0, 0.1) is 5.92 Å². The lowest BCUT2D eigenvalue weighted by Gasteiger charge is -2.27. The normalized spacial score (nSPS) is 15.6. The number of nitrogens with zero attached hydrogens (tertiary/aromatic N) is 2. The highest BCUT2D eigenvalue weighted by Crippen LogP contribution is 2.24. The first-order valence-corrected chi connectivity index (χ1v) is 9.23. The van der Waals surface area contributed by atoms with Crippen LogP contribution < -0.4 is 5.32 Å². The Labute approximate surface area is 160 Å². The zero-order valence-corrected chi connectivity index (χ0v) is 16.0. The third-order valence-corrected chi connectivity index (χ3v) is 5.03. The summed E-state index contributed by atoms with van der Waals surface area (Å²) in [7, 11) is 2.05. The third kappa shape index (κ3) is 4.28. The van der Waals surface area contributed by atoms with E-state index in [-0.39, 0.29) is 28.8 Å². The number of ketones is 1. The molecule has 0 atom stereocenters. The Morgan fingerprint density at radius 3 is 2.69 bits per heavy atom. The molecule has 0 unspecified atom stereocenters. The zero-order valence-electron chi connectivity index (χ0n) is 14.4. The molecule has 26 heavy (non-hydrogen) atoms. The fourth-order valence-corrected chi connectivity index (χ4v) is 3.36. The predicted molar refractivity (Wildman–Crippen MR) is 103 cm³/mol. The van der Waals surface area contributed by atoms with Crippen LogP contribution in [0.1, 0.15) is 33.7 Å². The second-order valence-corrected chi connectivity index (χ2v) is 7.38. The molecule has 6 nitrogen and oxygen atoms in total. The minimum absolute atomic E-state index is 0.0134. The summed E-state index contributed by atoms with van der Waals surface area (Å²) in [5.41, 5.74) is 0.490. The predicted octanol–water partition coefficient (Wildman–Crippen LogP) is 3.33. The number of amides is 1. The molecule has 1 aromatic carbocycles. The molecule has 2 aromatic rings. The van der Waals surface area contributed by atoms with Crippen LogP contribution >= 0.6 is 15.9 Å². The second-order valence-electron chi connectivity index (χ2n) is 6.47. The van der Waals surface area contributed by atoms with Gasteiger partial charge in [0.1, 0.15) is 17.3 Å². The molecular formula is C19H20BrN3O3. The highest BCUT2D eigenvalue weighted by atomic mass is 79.9. The molecule has 2 N–H and O–H groups in total. The number of carbonyl (C=O) groups excluding carboxylic acids is 2. The lowest BCUT2D eigenvalue weighted by molar-refractivity contribution is 0.0851. The standard InChI is InChI=1S/C19H20BrN3O3/c1-23-9-7-12(8-10-23)18(25)15-3-2-4-17(21-15)22-19(26)14-11-13(20)5-6-16(14)24/h2-6,11-12,24H,7-10H2,1H3,(H,21,22,26). The van der Waals surface area contributed by atoms with Crippen LogP contribution in [-0.4, -0.2) is 46.8 Å². The van der Waals surface area contributed by atoms with Crippen molar-refractivity contribution in [2.75, 3.05) is 25.5 Å². The molecule has 0 aliphatic carbocycles. The Morgan fingerprint density at radius 2 is 1.96 bits per heavy atom. The first-order chi connectivity index (χ1) is 12.4. The van der Waals surface area contributed by atoms with Crippen LogP contribution in [0.4, 0.5) is 5.82 Å². The maximum absolute atomic E-state index is 12.7. The second kappa shape index (κ2) is 7.97. The van der Waals surface area contributed by atoms with Gasteiger partial charge >= 0.3 is 0 Å². The van der Waals surface area contributed by atoms with Crippen molar-refractivity contribution in [3.63, 3.8) is 0 Å². The number of halogens is 1. The highest BCUT2D eigenvalue weighted by molar-refractivity contribution is 9.10. The molecule has 3 rings (SSSR count). The van der Waals surface area contributed by atoms with Gasteiger partial charge in [0.2, 0.25) is 0 Å². The number of carbonyl (C=O) groups is 2. The molecule has 136 valence electrons. The van der Waals surface area contributed by atoms with E-state index in [1.807, 2.05) is 7.05 Å². The van der Waals surface area contributed by atoms with Crippen LogP contribution in [0.25, 0.3) is 0 Å². The van der Waals surface area contributed by atoms with E-state index in [9.17, 15) is 14.7 Å². The van der Waals surface area contributed by atoms with Crippen LogP contribution in [0.3, 0.4) is 0 Å². The number of likely N-dealkylation sites (tertiary alicyclic amines) is 1. The molecule has 1 fully saturated rings. The molecule has 1 aliphatic heterocycles. The smallest absolute Gasteiger partial charge is 0.260 e. The number of pyridine rings is 1. The van der Waals surface area contributed by atoms with Gasteiger partial charge in [-0.3, -0.25) is 9.59 Å². The van der Waals surface area contributed by atoms with Crippen molar-refractivity contribution in [3.05, 3.63) is 52.1 Å². The van der Waals surface area contributed by atoms with Gasteiger partial charge in [0.15, 0.2) is 5.78 Å². The Morgan fingerprint density at radius 1 is 1.23 bits per heavy atom. The van der Waals surface area contributed by atoms with E-state index in [4.69, 9.17) is 0 Å². The maximum atomic E-state index is 12.7. The van der Waals surface area contributed by atoms with E-state index in [1.165, 1.54) is 12.1 Å². The van der Waals surface area contributed by atoms with Gasteiger partial charge in [-0.25, -0.2) is 4.98 Å². The summed E-state index contributed by atoms with van der Waals surface area (Å²) in [5.74, 6) is -0.337. The fourth-order valence-electron chi connectivity index (χ4n) is 3.00. The minimum Gasteiger partial charge on any atom is -0.507 e. The van der Waals surface area contributed by atoms with Crippen molar-refractivity contribution in [1.82, 2.24) is 9.88 Å². The Kier molecular flexibility index (Phi) is 5.68. The quantitative estimate of drug-likeness (QED) is 0.745. The molecule has 2 heterocycles. The van der Waals surface area contributed by atoms with Gasteiger partial charge in [-0.1, -0.05) is 22.0 Å². The molecular weight excluding hydrogens is 398 g/mol. The minimum atomic E-state index is -0.486. The number of hydrogen-bond donors (Lipinski definition) is 2. The van der Waals surface area contributed by atoms with E-state index in [0.29, 0.717) is 10.2 Å². The number of Topliss-reactive ketones (excluding diaryl/α,β-unsaturated/α-hetero) is 1. The molecule has 7 heteroatoms. The SMILES string of the molecule is CN1CCC(C(=O)c2cccc(NC(=O)c3cc(Br)ccc3O)n2)CC1. The van der Waals surface area contributed by atoms with Gasteiger partial charge < -0.3 is 15.3 Å². The number of phenols is 1. The number of aromatic hydroxyl groups is 1. The fraction of sp³-hybridized carbons (Fsp3) is 0.316. The number of aromatic nitrogens is 1. The lowest BCUT2D eigenvalue weighted by Crippen LogP contribution is -2.33. The number of anilines is 1. The summed E-state index contributed by atoms with van der Waals surface area (Å²) in [4.78, 5) is 31.6. The average molecular weight is 418 g/mol. The van der Waals surface area contributed by atoms with E-state index < -0.39 is 5.91 Å². The van der Waals surface area contributed by atoms with Crippen molar-refractivity contribution < 1.29 is 14.7 Å². The van der Waals surface area contributed by atoms with Crippen molar-refractivity contribution in [2.24, 2.45) is 5.92 Å². The summed E-state index contributed by atoms with van der Waals surface area (Å²) in [6.45, 7) is 1.80. The monoisotopic (exact) mass is 417 g/mol. The maximum Gasteiger partial charge on any atom is 0.260 e. The first kappa shape index (κ1) is 18.5. The van der Waals surface area contributed by atoms with Crippen LogP contribution in [0.5, 0.6) is 5.75 Å². The van der Waals surface area contributed by atoms with Gasteiger partial charge in [0, 0.05) is 10.4 Å². The van der Waals surface area contributed by atoms with Gasteiger partial charge in [-0.05, 0) is 63.3 Å². The van der Waals surface area contributed by atoms with Gasteiger partial charge in [-0.2, -0.15) is 0 Å². The summed E-state index contributed by atoms with van der Waals surface area (Å²) in [5, 5.41) is 12.5. The van der Waals surface area contributed by atoms with E-state index in [2.05, 4.69) is 31.1 Å². The number of phenolic OH excluding ortho intramolecular Hbond substituents is 1. The number of piperidine rings is 1. The van der Waals surface area contributed by atoms with Gasteiger partial charge in [0.25, 0.3) is 5.91 Å². The zero-order chi connectivity index (χ0) is 18.7. The number of benzene rings is 1. The van der Waals surface area contributed by atoms with E-state index >= 15 is 0 Å². The van der Waals surface area contributed by atoms with Crippen molar-refractivity contribution >= 4 is 33.4 Å². The van der Waals surface area contributed by atoms with Crippen molar-refractivity contribution in [2.45, 2.75) is 12.8 Å². The number of hydrogen-bond acceptors (Lipinski definition) is 5. The van der Waals surface area contributed by atoms with Crippen LogP contribution in [-0.2, 0) is 0 Å². The van der Waals surface area contributed by atoms with Crippen LogP contribution in [0.15, 0.2) is 40.9 Å². The molecule has 0 spiro atoms. The van der Waals surface area contributed by atoms with Gasteiger partial charge in [-0.15, -0.1) is 0 Å². The Balaban J connectivity index is 1.74. The summed E-state index contributed by atoms with van der Waals surface area (Å²) >= 11 is 3.27. The Bertz CT molecular complexity index is 833.